The lowest BCUT2D eigenvalue weighted by atomic mass is 10.0. The molecule has 0 aromatic heterocycles. The number of rotatable bonds is 0. The highest BCUT2D eigenvalue weighted by molar-refractivity contribution is 4.84. The molecule has 0 radical (unpaired) electrons. The first-order valence-corrected chi connectivity index (χ1v) is 30.2. The molecule has 5 fully saturated rings. The molecule has 0 amide bonds. The molecule has 74 heavy (non-hydrogen) atoms. The van der Waals surface area contributed by atoms with Crippen molar-refractivity contribution in [2.24, 2.45) is 38.4 Å². The summed E-state index contributed by atoms with van der Waals surface area (Å²) in [6.45, 7) is 75.2. The van der Waals surface area contributed by atoms with Crippen LogP contribution in [0.1, 0.15) is 270 Å². The SMILES string of the molecule is C1=CCOCC1.C1=COCC1.C1CCNCC1.C1CCNCC1.C1CCOC1.C1CCOCC1.C1CNCCN1.CC(C)(C)C.CC(C)(C)C.CC(C)(C)C.CC(C)(C)C.CC(C)(C)C.CC(C)(C)C.CC(C)C. The molecule has 4 N–H and O–H groups in total. The largest absolute Gasteiger partial charge is 0.501 e. The van der Waals surface area contributed by atoms with Crippen LogP contribution in [0.4, 0.5) is 0 Å². The van der Waals surface area contributed by atoms with Gasteiger partial charge in [-0.1, -0.05) is 212 Å². The Balaban J connectivity index is -0.000000131. The van der Waals surface area contributed by atoms with Gasteiger partial charge in [-0.25, -0.2) is 0 Å². The lowest BCUT2D eigenvalue weighted by Gasteiger charge is -2.11. The third kappa shape index (κ3) is 229. The van der Waals surface area contributed by atoms with E-state index < -0.39 is 0 Å². The van der Waals surface area contributed by atoms with Gasteiger partial charge in [0.25, 0.3) is 0 Å². The van der Waals surface area contributed by atoms with Crippen molar-refractivity contribution in [1.29, 1.82) is 0 Å². The molecule has 0 aliphatic carbocycles. The highest BCUT2D eigenvalue weighted by Crippen LogP contribution is 2.11. The van der Waals surface area contributed by atoms with Crippen LogP contribution in [0.5, 0.6) is 0 Å². The van der Waals surface area contributed by atoms with Crippen LogP contribution >= 0.6 is 0 Å². The first-order valence-electron chi connectivity index (χ1n) is 30.2. The summed E-state index contributed by atoms with van der Waals surface area (Å²) in [6, 6.07) is 0. The molecule has 0 atom stereocenters. The number of piperidine rings is 2. The molecule has 0 bridgehead atoms. The van der Waals surface area contributed by atoms with Gasteiger partial charge in [0.2, 0.25) is 0 Å². The number of hydrogen-bond acceptors (Lipinski definition) is 8. The van der Waals surface area contributed by atoms with Gasteiger partial charge in [0.1, 0.15) is 0 Å². The van der Waals surface area contributed by atoms with Crippen molar-refractivity contribution in [3.8, 4) is 0 Å². The van der Waals surface area contributed by atoms with E-state index in [0.29, 0.717) is 32.5 Å². The van der Waals surface area contributed by atoms with Gasteiger partial charge in [-0.2, -0.15) is 0 Å². The van der Waals surface area contributed by atoms with E-state index in [4.69, 9.17) is 18.9 Å². The van der Waals surface area contributed by atoms with Crippen molar-refractivity contribution in [3.05, 3.63) is 24.5 Å². The molecular formula is C66H146N4O4. The molecule has 7 aliphatic heterocycles. The minimum atomic E-state index is 0.500. The van der Waals surface area contributed by atoms with E-state index in [2.05, 4.69) is 214 Å². The molecule has 8 heteroatoms. The Bertz CT molecular complexity index is 800. The monoisotopic (exact) mass is 1060 g/mol. The smallest absolute Gasteiger partial charge is 0.0908 e. The van der Waals surface area contributed by atoms with E-state index >= 15 is 0 Å². The van der Waals surface area contributed by atoms with E-state index in [-0.39, 0.29) is 0 Å². The standard InChI is InChI=1S/2C5H11N.C5H10O.C5H8O.6C5H12.C4H10N2.C4H8O.C4H6O.C4H10/c4*1-2-4-6-5-3-1;6*1-5(2,3)4;1-2-6-4-3-5-1;2*1-2-4-5-3-1;1-4(2)3/h2*6H,1-5H2;1-5H2;1-2H,3-5H2;6*1-4H3;5-6H,1-4H2;1-4H2;1,3H,2,4H2;4H,1-3H3. The molecule has 0 unspecified atom stereocenters. The summed E-state index contributed by atoms with van der Waals surface area (Å²) in [7, 11) is 0. The predicted octanol–water partition coefficient (Wildman–Crippen LogP) is 18.5. The molecule has 7 rings (SSSR count). The summed E-state index contributed by atoms with van der Waals surface area (Å²) in [5, 5.41) is 13.0. The minimum absolute atomic E-state index is 0.500. The van der Waals surface area contributed by atoms with Crippen molar-refractivity contribution in [3.63, 3.8) is 0 Å². The zero-order valence-electron chi connectivity index (χ0n) is 56.3. The number of piperazine rings is 1. The zero-order chi connectivity index (χ0) is 58.9. The van der Waals surface area contributed by atoms with Crippen LogP contribution in [0.3, 0.4) is 0 Å². The van der Waals surface area contributed by atoms with Crippen molar-refractivity contribution >= 4 is 0 Å². The van der Waals surface area contributed by atoms with Gasteiger partial charge in [-0.3, -0.25) is 0 Å². The fourth-order valence-corrected chi connectivity index (χ4v) is 4.23. The fraction of sp³-hybridized carbons (Fsp3) is 0.939. The quantitative estimate of drug-likeness (QED) is 0.179. The maximum Gasteiger partial charge on any atom is 0.0908 e. The average Bonchev–Trinajstić information content (AvgIpc) is 4.06. The van der Waals surface area contributed by atoms with Crippen LogP contribution in [-0.4, -0.2) is 98.6 Å². The van der Waals surface area contributed by atoms with Crippen LogP contribution in [0.15, 0.2) is 24.5 Å². The number of ether oxygens (including phenoxy) is 4. The van der Waals surface area contributed by atoms with Crippen molar-refractivity contribution in [2.45, 2.75) is 270 Å². The maximum absolute atomic E-state index is 5.07. The molecule has 0 aromatic rings. The van der Waals surface area contributed by atoms with E-state index in [1.165, 1.54) is 96.8 Å². The molecule has 5 saturated heterocycles. The van der Waals surface area contributed by atoms with Crippen LogP contribution in [0, 0.1) is 38.4 Å². The second kappa shape index (κ2) is 59.7. The molecule has 8 nitrogen and oxygen atoms in total. The molecule has 0 aromatic carbocycles. The van der Waals surface area contributed by atoms with Crippen LogP contribution < -0.4 is 21.3 Å². The Morgan fingerprint density at radius 3 is 0.608 bits per heavy atom. The van der Waals surface area contributed by atoms with E-state index in [1.807, 2.05) is 12.2 Å². The molecule has 0 spiro atoms. The summed E-state index contributed by atoms with van der Waals surface area (Å²) in [5.74, 6) is 0.833. The zero-order valence-corrected chi connectivity index (χ0v) is 56.3. The normalized spacial score (nSPS) is 17.8. The van der Waals surface area contributed by atoms with Gasteiger partial charge < -0.3 is 40.2 Å². The fourth-order valence-electron chi connectivity index (χ4n) is 4.23. The van der Waals surface area contributed by atoms with E-state index in [0.717, 1.165) is 91.2 Å². The highest BCUT2D eigenvalue weighted by Gasteiger charge is 2.00. The summed E-state index contributed by atoms with van der Waals surface area (Å²) in [5.41, 5.74) is 3.00. The Hall–Kier alpha value is -1.00. The molecule has 0 saturated carbocycles. The number of hydrogen-bond donors (Lipinski definition) is 4. The Labute approximate surface area is 470 Å². The predicted molar refractivity (Wildman–Crippen MR) is 339 cm³/mol. The van der Waals surface area contributed by atoms with Crippen molar-refractivity contribution in [1.82, 2.24) is 21.3 Å². The van der Waals surface area contributed by atoms with Gasteiger partial charge in [0.05, 0.1) is 26.1 Å². The lowest BCUT2D eigenvalue weighted by molar-refractivity contribution is 0.0968. The first-order chi connectivity index (χ1) is 33.7. The van der Waals surface area contributed by atoms with Gasteiger partial charge in [0, 0.05) is 59.0 Å². The maximum atomic E-state index is 5.07. The first kappa shape index (κ1) is 86.9. The second-order valence-corrected chi connectivity index (χ2v) is 30.2. The van der Waals surface area contributed by atoms with Crippen LogP contribution in [-0.2, 0) is 18.9 Å². The second-order valence-electron chi connectivity index (χ2n) is 30.2. The van der Waals surface area contributed by atoms with Gasteiger partial charge in [-0.15, -0.1) is 0 Å². The summed E-state index contributed by atoms with van der Waals surface area (Å²) >= 11 is 0. The van der Waals surface area contributed by atoms with Crippen molar-refractivity contribution < 1.29 is 18.9 Å². The Kier molecular flexibility index (Phi) is 70.0. The minimum Gasteiger partial charge on any atom is -0.501 e. The number of nitrogens with one attached hydrogen (secondary N) is 4. The van der Waals surface area contributed by atoms with E-state index in [9.17, 15) is 0 Å². The van der Waals surface area contributed by atoms with Crippen LogP contribution in [0.25, 0.3) is 0 Å². The molecular weight excluding hydrogens is 913 g/mol. The molecule has 7 aliphatic rings. The molecule has 7 heterocycles. The van der Waals surface area contributed by atoms with Crippen LogP contribution in [0.2, 0.25) is 0 Å². The van der Waals surface area contributed by atoms with Gasteiger partial charge in [0.15, 0.2) is 0 Å². The summed E-state index contributed by atoms with van der Waals surface area (Å²) in [6.07, 6.45) is 25.0. The van der Waals surface area contributed by atoms with Gasteiger partial charge >= 0.3 is 0 Å². The summed E-state index contributed by atoms with van der Waals surface area (Å²) < 4.78 is 19.8. The Morgan fingerprint density at radius 2 is 0.527 bits per heavy atom. The average molecular weight is 1060 g/mol. The van der Waals surface area contributed by atoms with E-state index in [1.54, 1.807) is 6.26 Å². The third-order valence-electron chi connectivity index (χ3n) is 6.68. The molecule has 454 valence electrons. The highest BCUT2D eigenvalue weighted by atomic mass is 16.5. The third-order valence-corrected chi connectivity index (χ3v) is 6.68. The van der Waals surface area contributed by atoms with Crippen molar-refractivity contribution in [2.75, 3.05) is 98.6 Å². The topological polar surface area (TPSA) is 85.0 Å². The van der Waals surface area contributed by atoms with Gasteiger partial charge in [-0.05, 0) is 135 Å². The Morgan fingerprint density at radius 1 is 0.284 bits per heavy atom. The lowest BCUT2D eigenvalue weighted by Crippen LogP contribution is -2.39. The summed E-state index contributed by atoms with van der Waals surface area (Å²) in [4.78, 5) is 0.